The van der Waals surface area contributed by atoms with Crippen LogP contribution >= 0.6 is 0 Å². The fraction of sp³-hybridized carbons (Fsp3) is 0.300. The lowest BCUT2D eigenvalue weighted by Crippen LogP contribution is -2.27. The van der Waals surface area contributed by atoms with Gasteiger partial charge in [0.25, 0.3) is 11.8 Å². The first-order valence-corrected chi connectivity index (χ1v) is 9.25. The Kier molecular flexibility index (Phi) is 5.03. The van der Waals surface area contributed by atoms with Gasteiger partial charge in [-0.3, -0.25) is 14.4 Å². The van der Waals surface area contributed by atoms with E-state index in [0.29, 0.717) is 34.1 Å². The molecule has 4 heterocycles. The third kappa shape index (κ3) is 3.78. The van der Waals surface area contributed by atoms with E-state index in [9.17, 15) is 18.0 Å². The van der Waals surface area contributed by atoms with Gasteiger partial charge in [0.1, 0.15) is 6.54 Å². The molecule has 0 aliphatic carbocycles. The fourth-order valence-electron chi connectivity index (χ4n) is 3.49. The molecule has 0 saturated carbocycles. The molecule has 162 valence electrons. The molecular weight excluding hydrogens is 415 g/mol. The van der Waals surface area contributed by atoms with Gasteiger partial charge >= 0.3 is 6.18 Å². The number of nitrogens with zero attached hydrogens (tertiary/aromatic N) is 5. The summed E-state index contributed by atoms with van der Waals surface area (Å²) in [6, 6.07) is 5.91. The van der Waals surface area contributed by atoms with Gasteiger partial charge < -0.3 is 9.47 Å². The van der Waals surface area contributed by atoms with Crippen molar-refractivity contribution in [1.29, 1.82) is 0 Å². The largest absolute Gasteiger partial charge is 0.491 e. The van der Waals surface area contributed by atoms with E-state index >= 15 is 0 Å². The molecule has 1 unspecified atom stereocenters. The zero-order chi connectivity index (χ0) is 22.3. The molecular formula is C20H18F3N5O3. The average Bonchev–Trinajstić information content (AvgIpc) is 3.27. The predicted molar refractivity (Wildman–Crippen MR) is 104 cm³/mol. The molecule has 8 nitrogen and oxygen atoms in total. The van der Waals surface area contributed by atoms with Gasteiger partial charge in [-0.2, -0.15) is 18.3 Å². The number of aromatic nitrogens is 4. The van der Waals surface area contributed by atoms with Gasteiger partial charge in [0, 0.05) is 24.0 Å². The highest BCUT2D eigenvalue weighted by Crippen LogP contribution is 2.37. The van der Waals surface area contributed by atoms with Gasteiger partial charge in [-0.1, -0.05) is 0 Å². The molecule has 0 radical (unpaired) electrons. The third-order valence-corrected chi connectivity index (χ3v) is 4.90. The lowest BCUT2D eigenvalue weighted by Gasteiger charge is -2.18. The number of alkyl halides is 3. The molecule has 0 bridgehead atoms. The van der Waals surface area contributed by atoms with E-state index < -0.39 is 18.8 Å². The van der Waals surface area contributed by atoms with Crippen molar-refractivity contribution in [3.05, 3.63) is 47.9 Å². The summed E-state index contributed by atoms with van der Waals surface area (Å²) in [5.41, 5.74) is 2.10. The first kappa shape index (κ1) is 20.6. The zero-order valence-corrected chi connectivity index (χ0v) is 16.8. The number of hydrogen-bond donors (Lipinski definition) is 0. The smallest absolute Gasteiger partial charge is 0.408 e. The maximum atomic E-state index is 12.9. The van der Waals surface area contributed by atoms with E-state index in [1.807, 2.05) is 0 Å². The molecule has 31 heavy (non-hydrogen) atoms. The fourth-order valence-corrected chi connectivity index (χ4v) is 3.49. The van der Waals surface area contributed by atoms with Crippen LogP contribution in [0.4, 0.5) is 19.0 Å². The summed E-state index contributed by atoms with van der Waals surface area (Å²) < 4.78 is 49.1. The number of amides is 1. The first-order chi connectivity index (χ1) is 14.7. The molecule has 0 saturated heterocycles. The molecule has 1 amide bonds. The maximum absolute atomic E-state index is 12.9. The number of pyridine rings is 2. The molecule has 0 spiro atoms. The lowest BCUT2D eigenvalue weighted by atomic mass is 10.1. The molecule has 1 aliphatic rings. The van der Waals surface area contributed by atoms with Crippen molar-refractivity contribution < 1.29 is 27.4 Å². The highest BCUT2D eigenvalue weighted by Gasteiger charge is 2.38. The summed E-state index contributed by atoms with van der Waals surface area (Å²) >= 11 is 0. The number of methoxy groups -OCH3 is 2. The highest BCUT2D eigenvalue weighted by atomic mass is 19.4. The first-order valence-electron chi connectivity index (χ1n) is 9.25. The molecule has 1 aliphatic heterocycles. The Bertz CT molecular complexity index is 1150. The Balaban J connectivity index is 1.66. The van der Waals surface area contributed by atoms with Crippen LogP contribution in [0.2, 0.25) is 0 Å². The quantitative estimate of drug-likeness (QED) is 0.611. The molecule has 0 aromatic carbocycles. The monoisotopic (exact) mass is 433 g/mol. The minimum atomic E-state index is -4.41. The number of anilines is 1. The molecule has 11 heteroatoms. The topological polar surface area (TPSA) is 82.4 Å². The predicted octanol–water partition coefficient (Wildman–Crippen LogP) is 3.64. The second-order valence-electron chi connectivity index (χ2n) is 6.90. The van der Waals surface area contributed by atoms with Crippen molar-refractivity contribution in [2.45, 2.75) is 25.7 Å². The number of fused-ring (bicyclic) bond motifs is 1. The van der Waals surface area contributed by atoms with Crippen LogP contribution in [0, 0.1) is 0 Å². The SMILES string of the molecule is COc1cc(-c2ccc3c(n2)C(C)N(c2ccn(CC(F)(F)F)n2)C3=O)cnc1OC. The molecule has 3 aromatic heterocycles. The summed E-state index contributed by atoms with van der Waals surface area (Å²) in [4.78, 5) is 23.0. The summed E-state index contributed by atoms with van der Waals surface area (Å²) in [6.07, 6.45) is -1.63. The van der Waals surface area contributed by atoms with Crippen LogP contribution in [-0.4, -0.2) is 46.1 Å². The van der Waals surface area contributed by atoms with Crippen LogP contribution in [0.5, 0.6) is 11.6 Å². The van der Waals surface area contributed by atoms with Gasteiger partial charge in [0.05, 0.1) is 37.2 Å². The number of carbonyl (C=O) groups excluding carboxylic acids is 1. The Labute approximate surface area is 175 Å². The number of halogens is 3. The van der Waals surface area contributed by atoms with Crippen molar-refractivity contribution in [1.82, 2.24) is 19.7 Å². The number of rotatable bonds is 5. The van der Waals surface area contributed by atoms with E-state index in [0.717, 1.165) is 4.68 Å². The summed E-state index contributed by atoms with van der Waals surface area (Å²) in [6.45, 7) is 0.515. The molecule has 4 rings (SSSR count). The zero-order valence-electron chi connectivity index (χ0n) is 16.8. The molecule has 1 atom stereocenters. The highest BCUT2D eigenvalue weighted by molar-refractivity contribution is 6.10. The summed E-state index contributed by atoms with van der Waals surface area (Å²) in [5, 5.41) is 3.92. The number of carbonyl (C=O) groups is 1. The summed E-state index contributed by atoms with van der Waals surface area (Å²) in [5.74, 6) is 0.526. The van der Waals surface area contributed by atoms with Crippen molar-refractivity contribution in [2.75, 3.05) is 19.1 Å². The van der Waals surface area contributed by atoms with E-state index in [-0.39, 0.29) is 11.7 Å². The molecule has 0 fully saturated rings. The summed E-state index contributed by atoms with van der Waals surface area (Å²) in [7, 11) is 2.98. The average molecular weight is 433 g/mol. The number of ether oxygens (including phenoxy) is 2. The second kappa shape index (κ2) is 7.56. The van der Waals surface area contributed by atoms with Gasteiger partial charge in [0.15, 0.2) is 11.6 Å². The lowest BCUT2D eigenvalue weighted by molar-refractivity contribution is -0.142. The minimum absolute atomic E-state index is 0.133. The van der Waals surface area contributed by atoms with Gasteiger partial charge in [-0.15, -0.1) is 0 Å². The van der Waals surface area contributed by atoms with E-state index in [1.165, 1.54) is 31.4 Å². The Morgan fingerprint density at radius 3 is 2.61 bits per heavy atom. The van der Waals surface area contributed by atoms with Crippen molar-refractivity contribution in [2.24, 2.45) is 0 Å². The van der Waals surface area contributed by atoms with Crippen molar-refractivity contribution in [3.63, 3.8) is 0 Å². The van der Waals surface area contributed by atoms with Crippen LogP contribution in [0.3, 0.4) is 0 Å². The Morgan fingerprint density at radius 1 is 1.16 bits per heavy atom. The Hall–Kier alpha value is -3.63. The van der Waals surface area contributed by atoms with Crippen LogP contribution < -0.4 is 14.4 Å². The van der Waals surface area contributed by atoms with E-state index in [2.05, 4.69) is 15.1 Å². The van der Waals surface area contributed by atoms with Crippen LogP contribution in [0.1, 0.15) is 29.0 Å². The van der Waals surface area contributed by atoms with Crippen molar-refractivity contribution in [3.8, 4) is 22.9 Å². The standard InChI is InChI=1S/C20H18F3N5O3/c1-11-17-13(19(29)28(11)16-6-7-27(26-16)10-20(21,22)23)4-5-14(25-17)12-8-15(30-2)18(31-3)24-9-12/h4-9,11H,10H2,1-3H3. The van der Waals surface area contributed by atoms with Crippen molar-refractivity contribution >= 4 is 11.7 Å². The van der Waals surface area contributed by atoms with E-state index in [1.54, 1.807) is 31.3 Å². The third-order valence-electron chi connectivity index (χ3n) is 4.90. The second-order valence-corrected chi connectivity index (χ2v) is 6.90. The minimum Gasteiger partial charge on any atom is -0.491 e. The molecule has 3 aromatic rings. The Morgan fingerprint density at radius 2 is 1.94 bits per heavy atom. The van der Waals surface area contributed by atoms with Crippen LogP contribution in [0.15, 0.2) is 36.7 Å². The molecule has 0 N–H and O–H groups in total. The maximum Gasteiger partial charge on any atom is 0.408 e. The van der Waals surface area contributed by atoms with Gasteiger partial charge in [0.2, 0.25) is 0 Å². The normalized spacial score (nSPS) is 15.9. The van der Waals surface area contributed by atoms with Gasteiger partial charge in [-0.25, -0.2) is 9.97 Å². The van der Waals surface area contributed by atoms with Gasteiger partial charge in [-0.05, 0) is 25.1 Å². The number of hydrogen-bond acceptors (Lipinski definition) is 6. The van der Waals surface area contributed by atoms with E-state index in [4.69, 9.17) is 9.47 Å². The van der Waals surface area contributed by atoms with Crippen LogP contribution in [0.25, 0.3) is 11.3 Å². The van der Waals surface area contributed by atoms with Crippen LogP contribution in [-0.2, 0) is 6.54 Å².